The third-order valence-corrected chi connectivity index (χ3v) is 5.58. The number of nitrogens with zero attached hydrogens (tertiary/aromatic N) is 2. The van der Waals surface area contributed by atoms with Crippen molar-refractivity contribution in [1.29, 1.82) is 0 Å². The van der Waals surface area contributed by atoms with Gasteiger partial charge in [-0.15, -0.1) is 0 Å². The molecule has 0 bridgehead atoms. The van der Waals surface area contributed by atoms with Crippen LogP contribution in [0.2, 0.25) is 10.0 Å². The summed E-state index contributed by atoms with van der Waals surface area (Å²) >= 11 is 12.3. The quantitative estimate of drug-likeness (QED) is 0.561. The summed E-state index contributed by atoms with van der Waals surface area (Å²) in [5, 5.41) is 0.759. The lowest BCUT2D eigenvalue weighted by molar-refractivity contribution is -0.150. The van der Waals surface area contributed by atoms with Crippen LogP contribution in [-0.4, -0.2) is 35.1 Å². The second kappa shape index (κ2) is 7.37. The number of hydrogen-bond acceptors (Lipinski definition) is 6. The molecule has 3 aromatic rings. The van der Waals surface area contributed by atoms with Gasteiger partial charge in [0.1, 0.15) is 6.10 Å². The zero-order valence-corrected chi connectivity index (χ0v) is 16.1. The molecule has 0 fully saturated rings. The minimum atomic E-state index is -0.764. The Morgan fingerprint density at radius 2 is 1.64 bits per heavy atom. The van der Waals surface area contributed by atoms with E-state index in [2.05, 4.69) is 0 Å². The average Bonchev–Trinajstić information content (AvgIpc) is 2.99. The second-order valence-electron chi connectivity index (χ2n) is 6.41. The van der Waals surface area contributed by atoms with Crippen LogP contribution < -0.4 is 0 Å². The third kappa shape index (κ3) is 2.99. The van der Waals surface area contributed by atoms with E-state index in [1.807, 2.05) is 24.3 Å². The van der Waals surface area contributed by atoms with Gasteiger partial charge in [0.05, 0.1) is 38.4 Å². The first kappa shape index (κ1) is 18.7. The lowest BCUT2D eigenvalue weighted by Gasteiger charge is -2.27. The van der Waals surface area contributed by atoms with Gasteiger partial charge in [-0.1, -0.05) is 47.5 Å². The molecule has 2 aromatic carbocycles. The first-order valence-electron chi connectivity index (χ1n) is 8.49. The summed E-state index contributed by atoms with van der Waals surface area (Å²) in [5.41, 5.74) is 4.23. The molecule has 1 heterocycles. The van der Waals surface area contributed by atoms with Crippen LogP contribution in [0.3, 0.4) is 0 Å². The fraction of sp³-hybridized carbons (Fsp3) is 0.200. The van der Waals surface area contributed by atoms with E-state index < -0.39 is 18.1 Å². The van der Waals surface area contributed by atoms with E-state index >= 15 is 0 Å². The van der Waals surface area contributed by atoms with Crippen molar-refractivity contribution in [1.82, 2.24) is 9.97 Å². The van der Waals surface area contributed by atoms with Gasteiger partial charge in [-0.2, -0.15) is 0 Å². The van der Waals surface area contributed by atoms with E-state index in [-0.39, 0.29) is 0 Å². The molecule has 6 nitrogen and oxygen atoms in total. The van der Waals surface area contributed by atoms with E-state index in [1.54, 1.807) is 19.1 Å². The van der Waals surface area contributed by atoms with Crippen LogP contribution in [0.4, 0.5) is 0 Å². The summed E-state index contributed by atoms with van der Waals surface area (Å²) in [7, 11) is 0. The number of ether oxygens (including phenoxy) is 2. The van der Waals surface area contributed by atoms with Crippen molar-refractivity contribution in [3.63, 3.8) is 0 Å². The van der Waals surface area contributed by atoms with Crippen LogP contribution in [0.1, 0.15) is 24.1 Å². The van der Waals surface area contributed by atoms with E-state index in [9.17, 15) is 9.59 Å². The van der Waals surface area contributed by atoms with Gasteiger partial charge in [-0.25, -0.2) is 9.97 Å². The minimum absolute atomic E-state index is 0.335. The Bertz CT molecular complexity index is 1090. The monoisotopic (exact) mass is 416 g/mol. The van der Waals surface area contributed by atoms with Crippen LogP contribution in [-0.2, 0) is 19.1 Å². The highest BCUT2D eigenvalue weighted by Crippen LogP contribution is 2.46. The molecule has 3 atom stereocenters. The molecule has 0 saturated heterocycles. The molecule has 0 spiro atoms. The zero-order chi connectivity index (χ0) is 19.8. The SMILES string of the molecule is CC(OC=O)C(OC=O)C1c2ccccc2-c2nc3cc(Cl)c(Cl)cc3nc21. The summed E-state index contributed by atoms with van der Waals surface area (Å²) in [6, 6.07) is 10.9. The molecule has 0 aliphatic heterocycles. The molecule has 1 aromatic heterocycles. The Morgan fingerprint density at radius 3 is 2.32 bits per heavy atom. The zero-order valence-electron chi connectivity index (χ0n) is 14.6. The maximum atomic E-state index is 11.2. The number of rotatable bonds is 6. The number of benzene rings is 2. The van der Waals surface area contributed by atoms with E-state index in [0.717, 1.165) is 11.1 Å². The van der Waals surface area contributed by atoms with E-state index in [0.29, 0.717) is 45.4 Å². The predicted octanol–water partition coefficient (Wildman–Crippen LogP) is 4.15. The maximum absolute atomic E-state index is 11.2. The first-order valence-corrected chi connectivity index (χ1v) is 9.25. The molecule has 4 rings (SSSR count). The number of aromatic nitrogens is 2. The molecule has 1 aliphatic carbocycles. The highest BCUT2D eigenvalue weighted by Gasteiger charge is 2.41. The van der Waals surface area contributed by atoms with Gasteiger partial charge in [0.15, 0.2) is 6.10 Å². The van der Waals surface area contributed by atoms with Crippen molar-refractivity contribution in [2.45, 2.75) is 25.0 Å². The van der Waals surface area contributed by atoms with E-state index in [1.165, 1.54) is 0 Å². The summed E-state index contributed by atoms with van der Waals surface area (Å²) in [5.74, 6) is -0.447. The Morgan fingerprint density at radius 1 is 1.00 bits per heavy atom. The smallest absolute Gasteiger partial charge is 0.293 e. The molecule has 3 unspecified atom stereocenters. The molecular formula is C20H14Cl2N2O4. The highest BCUT2D eigenvalue weighted by molar-refractivity contribution is 6.42. The number of halogens is 2. The van der Waals surface area contributed by atoms with Crippen LogP contribution in [0, 0.1) is 0 Å². The summed E-state index contributed by atoms with van der Waals surface area (Å²) in [6.07, 6.45) is -1.45. The predicted molar refractivity (Wildman–Crippen MR) is 104 cm³/mol. The van der Waals surface area contributed by atoms with Crippen molar-refractivity contribution in [2.24, 2.45) is 0 Å². The molecule has 1 aliphatic rings. The average molecular weight is 417 g/mol. The van der Waals surface area contributed by atoms with Gasteiger partial charge >= 0.3 is 0 Å². The lowest BCUT2D eigenvalue weighted by Crippen LogP contribution is -2.34. The lowest BCUT2D eigenvalue weighted by atomic mass is 9.91. The molecule has 142 valence electrons. The van der Waals surface area contributed by atoms with Gasteiger partial charge in [-0.05, 0) is 24.6 Å². The van der Waals surface area contributed by atoms with Crippen molar-refractivity contribution >= 4 is 47.2 Å². The summed E-state index contributed by atoms with van der Waals surface area (Å²) < 4.78 is 10.4. The minimum Gasteiger partial charge on any atom is -0.461 e. The first-order chi connectivity index (χ1) is 13.5. The van der Waals surface area contributed by atoms with Crippen LogP contribution in [0.25, 0.3) is 22.3 Å². The van der Waals surface area contributed by atoms with Gasteiger partial charge < -0.3 is 9.47 Å². The molecular weight excluding hydrogens is 403 g/mol. The third-order valence-electron chi connectivity index (χ3n) is 4.85. The molecule has 0 saturated carbocycles. The Balaban J connectivity index is 1.95. The second-order valence-corrected chi connectivity index (χ2v) is 7.23. The van der Waals surface area contributed by atoms with Gasteiger partial charge in [0.2, 0.25) is 0 Å². The standard InChI is InChI=1S/C20H14Cl2N2O4/c1-10(27-8-25)20(28-9-26)17-11-4-2-3-5-12(11)18-19(17)24-16-7-14(22)13(21)6-15(16)23-18/h2-10,17,20H,1H3. The maximum Gasteiger partial charge on any atom is 0.293 e. The Kier molecular flexibility index (Phi) is 4.91. The topological polar surface area (TPSA) is 78.4 Å². The van der Waals surface area contributed by atoms with Crippen LogP contribution >= 0.6 is 23.2 Å². The van der Waals surface area contributed by atoms with Crippen molar-refractivity contribution in [3.8, 4) is 11.3 Å². The van der Waals surface area contributed by atoms with Crippen molar-refractivity contribution < 1.29 is 19.1 Å². The summed E-state index contributed by atoms with van der Waals surface area (Å²) in [6.45, 7) is 2.34. The molecule has 8 heteroatoms. The fourth-order valence-electron chi connectivity index (χ4n) is 3.63. The van der Waals surface area contributed by atoms with Gasteiger partial charge in [-0.3, -0.25) is 9.59 Å². The highest BCUT2D eigenvalue weighted by atomic mass is 35.5. The van der Waals surface area contributed by atoms with Gasteiger partial charge in [0.25, 0.3) is 12.9 Å². The summed E-state index contributed by atoms with van der Waals surface area (Å²) in [4.78, 5) is 31.5. The Hall–Kier alpha value is -2.70. The van der Waals surface area contributed by atoms with Gasteiger partial charge in [0, 0.05) is 5.56 Å². The van der Waals surface area contributed by atoms with Crippen molar-refractivity contribution in [2.75, 3.05) is 0 Å². The molecule has 0 amide bonds. The van der Waals surface area contributed by atoms with Crippen LogP contribution in [0.5, 0.6) is 0 Å². The number of carbonyl (C=O) groups is 2. The van der Waals surface area contributed by atoms with Crippen LogP contribution in [0.15, 0.2) is 36.4 Å². The van der Waals surface area contributed by atoms with E-state index in [4.69, 9.17) is 42.6 Å². The molecule has 0 N–H and O–H groups in total. The number of fused-ring (bicyclic) bond motifs is 4. The fourth-order valence-corrected chi connectivity index (χ4v) is 3.95. The van der Waals surface area contributed by atoms with Crippen molar-refractivity contribution in [3.05, 3.63) is 57.7 Å². The normalized spacial score (nSPS) is 16.8. The number of carbonyl (C=O) groups excluding carboxylic acids is 2. The molecule has 28 heavy (non-hydrogen) atoms. The molecule has 0 radical (unpaired) electrons. The Labute approximate surface area is 170 Å². The number of hydrogen-bond donors (Lipinski definition) is 0. The largest absolute Gasteiger partial charge is 0.461 e.